The summed E-state index contributed by atoms with van der Waals surface area (Å²) in [4.78, 5) is 20.6. The van der Waals surface area contributed by atoms with E-state index in [2.05, 4.69) is 19.0 Å². The van der Waals surface area contributed by atoms with Crippen molar-refractivity contribution in [3.05, 3.63) is 35.7 Å². The molecule has 0 saturated carbocycles. The van der Waals surface area contributed by atoms with Gasteiger partial charge in [-0.2, -0.15) is 13.2 Å². The number of aryl methyl sites for hydroxylation is 1. The van der Waals surface area contributed by atoms with Gasteiger partial charge in [0, 0.05) is 37.7 Å². The first-order valence-electron chi connectivity index (χ1n) is 7.43. The molecule has 1 fully saturated rings. The number of ether oxygens (including phenoxy) is 1. The molecule has 0 aliphatic carbocycles. The lowest BCUT2D eigenvalue weighted by Crippen LogP contribution is -2.48. The van der Waals surface area contributed by atoms with E-state index in [0.717, 1.165) is 11.0 Å². The minimum atomic E-state index is -2.96. The van der Waals surface area contributed by atoms with Gasteiger partial charge in [0.2, 0.25) is 5.13 Å². The first-order valence-corrected chi connectivity index (χ1v) is 8.20. The summed E-state index contributed by atoms with van der Waals surface area (Å²) in [5, 5.41) is 0.834. The average molecular weight is 354 g/mol. The Bertz CT molecular complexity index is 717. The van der Waals surface area contributed by atoms with Gasteiger partial charge >= 0.3 is 6.61 Å². The Morgan fingerprint density at radius 3 is 2.58 bits per heavy atom. The molecule has 128 valence electrons. The fourth-order valence-corrected chi connectivity index (χ4v) is 3.25. The predicted molar refractivity (Wildman–Crippen MR) is 85.8 cm³/mol. The Morgan fingerprint density at radius 1 is 1.25 bits per heavy atom. The Morgan fingerprint density at radius 2 is 1.96 bits per heavy atom. The summed E-state index contributed by atoms with van der Waals surface area (Å²) in [5.41, 5.74) is 0.151. The van der Waals surface area contributed by atoms with E-state index in [9.17, 15) is 13.6 Å². The smallest absolute Gasteiger partial charge is 0.387 e. The third-order valence-corrected chi connectivity index (χ3v) is 4.56. The number of alkyl halides is 2. The van der Waals surface area contributed by atoms with E-state index in [1.54, 1.807) is 17.0 Å². The molecule has 1 saturated heterocycles. The van der Waals surface area contributed by atoms with E-state index >= 15 is 0 Å². The van der Waals surface area contributed by atoms with E-state index in [0.29, 0.717) is 26.2 Å². The van der Waals surface area contributed by atoms with Gasteiger partial charge < -0.3 is 14.5 Å². The summed E-state index contributed by atoms with van der Waals surface area (Å²) in [6.45, 7) is 1.09. The lowest BCUT2D eigenvalue weighted by molar-refractivity contribution is -0.0502. The van der Waals surface area contributed by atoms with E-state index < -0.39 is 6.61 Å². The summed E-state index contributed by atoms with van der Waals surface area (Å²) >= 11 is 1.33. The van der Waals surface area contributed by atoms with Crippen molar-refractivity contribution in [2.24, 2.45) is 0 Å². The summed E-state index contributed by atoms with van der Waals surface area (Å²) in [6, 6.07) is 6.07. The third kappa shape index (κ3) is 3.61. The lowest BCUT2D eigenvalue weighted by Gasteiger charge is -2.34. The number of amides is 1. The largest absolute Gasteiger partial charge is 0.434 e. The van der Waals surface area contributed by atoms with Crippen LogP contribution in [0, 0.1) is 6.92 Å². The Balaban J connectivity index is 1.67. The van der Waals surface area contributed by atoms with Crippen molar-refractivity contribution in [1.29, 1.82) is 0 Å². The summed E-state index contributed by atoms with van der Waals surface area (Å²) < 4.78 is 33.6. The molecule has 1 aliphatic rings. The molecule has 0 radical (unpaired) electrons. The van der Waals surface area contributed by atoms with Crippen molar-refractivity contribution in [3.63, 3.8) is 0 Å². The van der Waals surface area contributed by atoms with E-state index in [4.69, 9.17) is 0 Å². The maximum Gasteiger partial charge on any atom is 0.387 e. The molecule has 1 aromatic carbocycles. The molecule has 0 bridgehead atoms. The molecule has 0 N–H and O–H groups in total. The molecule has 1 aliphatic heterocycles. The number of carbonyl (C=O) groups is 1. The quantitative estimate of drug-likeness (QED) is 0.844. The van der Waals surface area contributed by atoms with Crippen LogP contribution < -0.4 is 9.64 Å². The molecule has 9 heteroatoms. The van der Waals surface area contributed by atoms with Crippen LogP contribution >= 0.6 is 11.5 Å². The number of hydrogen-bond acceptors (Lipinski definition) is 6. The van der Waals surface area contributed by atoms with Crippen molar-refractivity contribution in [2.45, 2.75) is 13.5 Å². The van der Waals surface area contributed by atoms with Crippen molar-refractivity contribution in [3.8, 4) is 5.75 Å². The van der Waals surface area contributed by atoms with Crippen LogP contribution in [0.25, 0.3) is 0 Å². The molecule has 6 nitrogen and oxygen atoms in total. The third-order valence-electron chi connectivity index (χ3n) is 3.69. The van der Waals surface area contributed by atoms with Crippen LogP contribution in [-0.4, -0.2) is 53.0 Å². The normalized spacial score (nSPS) is 15.0. The average Bonchev–Trinajstić information content (AvgIpc) is 3.01. The molecule has 24 heavy (non-hydrogen) atoms. The topological polar surface area (TPSA) is 58.6 Å². The van der Waals surface area contributed by atoms with Crippen LogP contribution in [0.15, 0.2) is 24.3 Å². The zero-order chi connectivity index (χ0) is 17.1. The fourth-order valence-electron chi connectivity index (χ4n) is 2.53. The molecule has 1 aromatic heterocycles. The number of para-hydroxylation sites is 1. The number of aromatic nitrogens is 2. The first-order chi connectivity index (χ1) is 11.5. The van der Waals surface area contributed by atoms with Gasteiger partial charge in [0.1, 0.15) is 11.6 Å². The Labute approximate surface area is 141 Å². The number of nitrogens with zero attached hydrogens (tertiary/aromatic N) is 4. The number of anilines is 1. The highest BCUT2D eigenvalue weighted by Gasteiger charge is 2.26. The molecule has 2 heterocycles. The highest BCUT2D eigenvalue weighted by Crippen LogP contribution is 2.24. The molecule has 0 atom stereocenters. The number of hydrogen-bond donors (Lipinski definition) is 0. The summed E-state index contributed by atoms with van der Waals surface area (Å²) in [5.74, 6) is 0.325. The van der Waals surface area contributed by atoms with E-state index in [-0.39, 0.29) is 17.2 Å². The zero-order valence-electron chi connectivity index (χ0n) is 13.0. The zero-order valence-corrected chi connectivity index (χ0v) is 13.8. The van der Waals surface area contributed by atoms with Crippen molar-refractivity contribution in [1.82, 2.24) is 14.3 Å². The van der Waals surface area contributed by atoms with Gasteiger partial charge in [-0.1, -0.05) is 12.1 Å². The number of halogens is 2. The van der Waals surface area contributed by atoms with Gasteiger partial charge in [0.25, 0.3) is 5.91 Å². The first kappa shape index (κ1) is 16.6. The van der Waals surface area contributed by atoms with Crippen LogP contribution in [0.1, 0.15) is 16.2 Å². The van der Waals surface area contributed by atoms with Crippen LogP contribution in [0.2, 0.25) is 0 Å². The Kier molecular flexibility index (Phi) is 4.89. The molecule has 2 aromatic rings. The maximum absolute atomic E-state index is 12.6. The van der Waals surface area contributed by atoms with Gasteiger partial charge in [0.05, 0.1) is 5.56 Å². The van der Waals surface area contributed by atoms with Gasteiger partial charge in [0.15, 0.2) is 0 Å². The van der Waals surface area contributed by atoms with Crippen molar-refractivity contribution >= 4 is 22.6 Å². The SMILES string of the molecule is Cc1nsc(N2CCN(C(=O)c3ccccc3OC(F)F)CC2)n1. The van der Waals surface area contributed by atoms with E-state index in [1.807, 2.05) is 6.92 Å². The standard InChI is InChI=1S/C15H16F2N4O2S/c1-10-18-15(24-19-10)21-8-6-20(7-9-21)13(22)11-4-2-3-5-12(11)23-14(16)17/h2-5,14H,6-9H2,1H3. The monoisotopic (exact) mass is 354 g/mol. The summed E-state index contributed by atoms with van der Waals surface area (Å²) in [7, 11) is 0. The molecule has 3 rings (SSSR count). The minimum Gasteiger partial charge on any atom is -0.434 e. The second kappa shape index (κ2) is 7.08. The van der Waals surface area contributed by atoms with Crippen molar-refractivity contribution < 1.29 is 18.3 Å². The number of piperazine rings is 1. The minimum absolute atomic E-state index is 0.0975. The number of benzene rings is 1. The van der Waals surface area contributed by atoms with Crippen molar-refractivity contribution in [2.75, 3.05) is 31.1 Å². The molecule has 0 unspecified atom stereocenters. The second-order valence-electron chi connectivity index (χ2n) is 5.28. The lowest BCUT2D eigenvalue weighted by atomic mass is 10.1. The predicted octanol–water partition coefficient (Wildman–Crippen LogP) is 2.41. The molecular weight excluding hydrogens is 338 g/mol. The molecular formula is C15H16F2N4O2S. The van der Waals surface area contributed by atoms with Gasteiger partial charge in [-0.3, -0.25) is 4.79 Å². The Hall–Kier alpha value is -2.29. The van der Waals surface area contributed by atoms with Gasteiger partial charge in [-0.15, -0.1) is 0 Å². The summed E-state index contributed by atoms with van der Waals surface area (Å²) in [6.07, 6.45) is 0. The molecule has 1 amide bonds. The van der Waals surface area contributed by atoms with Gasteiger partial charge in [-0.05, 0) is 19.1 Å². The second-order valence-corrected chi connectivity index (χ2v) is 6.01. The number of rotatable bonds is 4. The van der Waals surface area contributed by atoms with Crippen LogP contribution in [0.3, 0.4) is 0 Å². The fraction of sp³-hybridized carbons (Fsp3) is 0.400. The maximum atomic E-state index is 12.6. The van der Waals surface area contributed by atoms with Crippen LogP contribution in [0.4, 0.5) is 13.9 Å². The van der Waals surface area contributed by atoms with E-state index in [1.165, 1.54) is 23.7 Å². The van der Waals surface area contributed by atoms with Gasteiger partial charge in [-0.25, -0.2) is 4.98 Å². The highest BCUT2D eigenvalue weighted by molar-refractivity contribution is 7.09. The molecule has 0 spiro atoms. The highest BCUT2D eigenvalue weighted by atomic mass is 32.1. The van der Waals surface area contributed by atoms with Crippen LogP contribution in [-0.2, 0) is 0 Å². The number of carbonyl (C=O) groups excluding carboxylic acids is 1. The van der Waals surface area contributed by atoms with Crippen LogP contribution in [0.5, 0.6) is 5.75 Å².